The topological polar surface area (TPSA) is 38.5 Å². The van der Waals surface area contributed by atoms with E-state index >= 15 is 0 Å². The Morgan fingerprint density at radius 2 is 2.06 bits per heavy atom. The summed E-state index contributed by atoms with van der Waals surface area (Å²) in [6.45, 7) is 4.02. The van der Waals surface area contributed by atoms with E-state index in [1.54, 1.807) is 0 Å². The van der Waals surface area contributed by atoms with E-state index in [4.69, 9.17) is 10.5 Å². The highest BCUT2D eigenvalue weighted by Gasteiger charge is 2.26. The maximum Gasteiger partial charge on any atom is 0.144 e. The molecule has 0 unspecified atom stereocenters. The van der Waals surface area contributed by atoms with E-state index in [1.807, 2.05) is 26.0 Å². The number of ether oxygens (including phenoxy) is 1. The van der Waals surface area contributed by atoms with E-state index in [-0.39, 0.29) is 6.10 Å². The number of hydrogen-bond donors (Lipinski definition) is 1. The van der Waals surface area contributed by atoms with Gasteiger partial charge in [0.05, 0.1) is 11.8 Å². The maximum absolute atomic E-state index is 5.89. The summed E-state index contributed by atoms with van der Waals surface area (Å²) in [4.78, 5) is 2.30. The Labute approximate surface area is 97.2 Å². The highest BCUT2D eigenvalue weighted by atomic mass is 16.5. The van der Waals surface area contributed by atoms with Crippen molar-refractivity contribution < 1.29 is 4.74 Å². The van der Waals surface area contributed by atoms with Gasteiger partial charge in [0.25, 0.3) is 0 Å². The molecule has 1 saturated carbocycles. The van der Waals surface area contributed by atoms with Crippen molar-refractivity contribution in [2.24, 2.45) is 0 Å². The van der Waals surface area contributed by atoms with E-state index in [0.717, 1.165) is 5.75 Å². The van der Waals surface area contributed by atoms with E-state index in [2.05, 4.69) is 18.0 Å². The largest absolute Gasteiger partial charge is 0.489 e. The molecule has 0 aliphatic heterocycles. The summed E-state index contributed by atoms with van der Waals surface area (Å²) in [6, 6.07) is 6.72. The molecule has 0 aromatic heterocycles. The number of nitrogens with two attached hydrogens (primary N) is 1. The minimum absolute atomic E-state index is 0.156. The second-order valence-electron chi connectivity index (χ2n) is 4.73. The van der Waals surface area contributed by atoms with Gasteiger partial charge in [-0.3, -0.25) is 0 Å². The van der Waals surface area contributed by atoms with Gasteiger partial charge in [-0.05, 0) is 38.8 Å². The van der Waals surface area contributed by atoms with E-state index in [0.29, 0.717) is 11.7 Å². The van der Waals surface area contributed by atoms with Crippen LogP contribution in [-0.2, 0) is 0 Å². The summed E-state index contributed by atoms with van der Waals surface area (Å²) in [5.41, 5.74) is 7.78. The van der Waals surface area contributed by atoms with Crippen LogP contribution in [0.15, 0.2) is 18.2 Å². The zero-order valence-corrected chi connectivity index (χ0v) is 10.2. The van der Waals surface area contributed by atoms with Crippen molar-refractivity contribution in [1.82, 2.24) is 0 Å². The van der Waals surface area contributed by atoms with Crippen molar-refractivity contribution in [1.29, 1.82) is 0 Å². The SMILES string of the molecule is CC(C)Oc1cc(N(C)C2CC2)ccc1N. The summed E-state index contributed by atoms with van der Waals surface area (Å²) in [5, 5.41) is 0. The molecular weight excluding hydrogens is 200 g/mol. The average Bonchev–Trinajstić information content (AvgIpc) is 3.03. The molecule has 1 fully saturated rings. The molecule has 0 atom stereocenters. The van der Waals surface area contributed by atoms with Gasteiger partial charge in [0, 0.05) is 24.8 Å². The fraction of sp³-hybridized carbons (Fsp3) is 0.538. The predicted octanol–water partition coefficient (Wildman–Crippen LogP) is 2.65. The van der Waals surface area contributed by atoms with Gasteiger partial charge in [-0.1, -0.05) is 0 Å². The van der Waals surface area contributed by atoms with Crippen LogP contribution in [0, 0.1) is 0 Å². The number of anilines is 2. The van der Waals surface area contributed by atoms with Crippen molar-refractivity contribution in [2.45, 2.75) is 38.8 Å². The zero-order chi connectivity index (χ0) is 11.7. The van der Waals surface area contributed by atoms with Crippen LogP contribution in [0.2, 0.25) is 0 Å². The molecule has 1 aliphatic rings. The Kier molecular flexibility index (Phi) is 2.95. The molecule has 88 valence electrons. The molecule has 16 heavy (non-hydrogen) atoms. The average molecular weight is 220 g/mol. The molecule has 0 spiro atoms. The Hall–Kier alpha value is -1.38. The second-order valence-corrected chi connectivity index (χ2v) is 4.73. The normalized spacial score (nSPS) is 15.2. The lowest BCUT2D eigenvalue weighted by molar-refractivity contribution is 0.244. The molecule has 0 amide bonds. The highest BCUT2D eigenvalue weighted by Crippen LogP contribution is 2.34. The first-order valence-electron chi connectivity index (χ1n) is 5.87. The Bertz CT molecular complexity index is 372. The molecule has 2 N–H and O–H groups in total. The molecule has 0 radical (unpaired) electrons. The minimum Gasteiger partial charge on any atom is -0.489 e. The molecule has 3 nitrogen and oxygen atoms in total. The van der Waals surface area contributed by atoms with Crippen LogP contribution < -0.4 is 15.4 Å². The zero-order valence-electron chi connectivity index (χ0n) is 10.2. The Balaban J connectivity index is 2.20. The Morgan fingerprint density at radius 1 is 1.38 bits per heavy atom. The van der Waals surface area contributed by atoms with Crippen molar-refractivity contribution in [3.05, 3.63) is 18.2 Å². The first-order valence-corrected chi connectivity index (χ1v) is 5.87. The summed E-state index contributed by atoms with van der Waals surface area (Å²) in [7, 11) is 2.13. The Morgan fingerprint density at radius 3 is 2.62 bits per heavy atom. The van der Waals surface area contributed by atoms with Crippen molar-refractivity contribution >= 4 is 11.4 Å². The van der Waals surface area contributed by atoms with Gasteiger partial charge in [-0.15, -0.1) is 0 Å². The molecular formula is C13H20N2O. The van der Waals surface area contributed by atoms with Gasteiger partial charge in [0.15, 0.2) is 0 Å². The van der Waals surface area contributed by atoms with Gasteiger partial charge in [-0.25, -0.2) is 0 Å². The van der Waals surface area contributed by atoms with Crippen LogP contribution in [-0.4, -0.2) is 19.2 Å². The molecule has 0 saturated heterocycles. The standard InChI is InChI=1S/C13H20N2O/c1-9(2)16-13-8-11(6-7-12(13)14)15(3)10-4-5-10/h6-10H,4-5,14H2,1-3H3. The third kappa shape index (κ3) is 2.40. The fourth-order valence-corrected chi connectivity index (χ4v) is 1.77. The molecule has 2 rings (SSSR count). The van der Waals surface area contributed by atoms with Crippen LogP contribution >= 0.6 is 0 Å². The molecule has 0 bridgehead atoms. The van der Waals surface area contributed by atoms with Gasteiger partial charge in [0.1, 0.15) is 5.75 Å². The second kappa shape index (κ2) is 4.24. The lowest BCUT2D eigenvalue weighted by atomic mass is 10.2. The lowest BCUT2D eigenvalue weighted by Gasteiger charge is -2.21. The number of benzene rings is 1. The molecule has 1 aliphatic carbocycles. The molecule has 3 heteroatoms. The van der Waals surface area contributed by atoms with Crippen molar-refractivity contribution in [3.8, 4) is 5.75 Å². The summed E-state index contributed by atoms with van der Waals surface area (Å²) in [6.07, 6.45) is 2.74. The van der Waals surface area contributed by atoms with Gasteiger partial charge in [-0.2, -0.15) is 0 Å². The van der Waals surface area contributed by atoms with Crippen LogP contribution in [0.3, 0.4) is 0 Å². The van der Waals surface area contributed by atoms with E-state index in [1.165, 1.54) is 18.5 Å². The monoisotopic (exact) mass is 220 g/mol. The number of hydrogen-bond acceptors (Lipinski definition) is 3. The molecule has 1 aromatic rings. The number of rotatable bonds is 4. The van der Waals surface area contributed by atoms with Gasteiger partial charge < -0.3 is 15.4 Å². The first-order chi connectivity index (χ1) is 7.58. The molecule has 0 heterocycles. The first kappa shape index (κ1) is 11.1. The van der Waals surface area contributed by atoms with Crippen LogP contribution in [0.1, 0.15) is 26.7 Å². The van der Waals surface area contributed by atoms with E-state index in [9.17, 15) is 0 Å². The number of nitrogen functional groups attached to an aromatic ring is 1. The van der Waals surface area contributed by atoms with Crippen molar-refractivity contribution in [2.75, 3.05) is 17.7 Å². The minimum atomic E-state index is 0.156. The quantitative estimate of drug-likeness (QED) is 0.793. The summed E-state index contributed by atoms with van der Waals surface area (Å²) in [5.74, 6) is 0.792. The van der Waals surface area contributed by atoms with Crippen LogP contribution in [0.4, 0.5) is 11.4 Å². The summed E-state index contributed by atoms with van der Waals surface area (Å²) < 4.78 is 5.68. The fourth-order valence-electron chi connectivity index (χ4n) is 1.77. The van der Waals surface area contributed by atoms with Crippen molar-refractivity contribution in [3.63, 3.8) is 0 Å². The third-order valence-corrected chi connectivity index (χ3v) is 2.86. The lowest BCUT2D eigenvalue weighted by Crippen LogP contribution is -2.19. The number of nitrogens with zero attached hydrogens (tertiary/aromatic N) is 1. The third-order valence-electron chi connectivity index (χ3n) is 2.86. The highest BCUT2D eigenvalue weighted by molar-refractivity contribution is 5.62. The maximum atomic E-state index is 5.89. The van der Waals surface area contributed by atoms with E-state index < -0.39 is 0 Å². The van der Waals surface area contributed by atoms with Gasteiger partial charge >= 0.3 is 0 Å². The van der Waals surface area contributed by atoms with Crippen LogP contribution in [0.25, 0.3) is 0 Å². The van der Waals surface area contributed by atoms with Crippen LogP contribution in [0.5, 0.6) is 5.75 Å². The predicted molar refractivity (Wildman–Crippen MR) is 68.0 cm³/mol. The molecule has 1 aromatic carbocycles. The van der Waals surface area contributed by atoms with Gasteiger partial charge in [0.2, 0.25) is 0 Å². The summed E-state index contributed by atoms with van der Waals surface area (Å²) >= 11 is 0. The smallest absolute Gasteiger partial charge is 0.144 e.